The number of hydrogen-bond donors (Lipinski definition) is 0. The van der Waals surface area contributed by atoms with Gasteiger partial charge in [-0.25, -0.2) is 15.0 Å². The summed E-state index contributed by atoms with van der Waals surface area (Å²) in [6.07, 6.45) is 6.45. The molecule has 2 aliphatic rings. The van der Waals surface area contributed by atoms with Crippen molar-refractivity contribution in [3.8, 4) is 78.7 Å². The zero-order chi connectivity index (χ0) is 35.9. The maximum absolute atomic E-state index is 4.96. The van der Waals surface area contributed by atoms with E-state index >= 15 is 0 Å². The molecule has 0 saturated heterocycles. The van der Waals surface area contributed by atoms with Crippen molar-refractivity contribution in [3.63, 3.8) is 0 Å². The molecule has 0 amide bonds. The van der Waals surface area contributed by atoms with Gasteiger partial charge in [-0.3, -0.25) is 0 Å². The normalized spacial score (nSPS) is 14.1. The van der Waals surface area contributed by atoms with Gasteiger partial charge in [0.2, 0.25) is 0 Å². The molecule has 1 fully saturated rings. The molecule has 0 N–H and O–H groups in total. The fourth-order valence-electron chi connectivity index (χ4n) is 8.84. The molecule has 0 atom stereocenters. The predicted octanol–water partition coefficient (Wildman–Crippen LogP) is 13.1. The Kier molecular flexibility index (Phi) is 8.06. The lowest BCUT2D eigenvalue weighted by atomic mass is 9.67. The molecule has 1 heterocycles. The average Bonchev–Trinajstić information content (AvgIpc) is 3.52. The first-order valence-electron chi connectivity index (χ1n) is 19.1. The van der Waals surface area contributed by atoms with E-state index in [0.717, 1.165) is 27.8 Å². The first kappa shape index (κ1) is 32.2. The van der Waals surface area contributed by atoms with Gasteiger partial charge in [-0.15, -0.1) is 0 Å². The molecule has 0 unspecified atom stereocenters. The third kappa shape index (κ3) is 5.74. The smallest absolute Gasteiger partial charge is 0.164 e. The van der Waals surface area contributed by atoms with Crippen LogP contribution in [-0.2, 0) is 5.41 Å². The topological polar surface area (TPSA) is 38.7 Å². The third-order valence-corrected chi connectivity index (χ3v) is 11.5. The van der Waals surface area contributed by atoms with Crippen molar-refractivity contribution >= 4 is 0 Å². The van der Waals surface area contributed by atoms with E-state index in [4.69, 9.17) is 15.0 Å². The Bertz CT molecular complexity index is 2560. The number of aromatic nitrogens is 3. The molecule has 0 aliphatic heterocycles. The van der Waals surface area contributed by atoms with Crippen molar-refractivity contribution in [2.75, 3.05) is 0 Å². The van der Waals surface area contributed by atoms with Gasteiger partial charge < -0.3 is 0 Å². The quantitative estimate of drug-likeness (QED) is 0.174. The van der Waals surface area contributed by atoms with E-state index in [2.05, 4.69) is 115 Å². The van der Waals surface area contributed by atoms with Crippen LogP contribution in [0.5, 0.6) is 0 Å². The SMILES string of the molecule is c1ccc(-c2nc(-c3ccccc3)nc(-c3cccc(-c4cccc(-c5ccc(-c6ccc7c(c6)C6(CCCCC6)c6ccccc6-7)cc5)c4)c3)n2)cc1. The van der Waals surface area contributed by atoms with Crippen molar-refractivity contribution in [2.45, 2.75) is 37.5 Å². The zero-order valence-electron chi connectivity index (χ0n) is 30.1. The molecule has 1 spiro atoms. The van der Waals surface area contributed by atoms with Gasteiger partial charge in [0.15, 0.2) is 17.5 Å². The number of fused-ring (bicyclic) bond motifs is 5. The van der Waals surface area contributed by atoms with E-state index in [-0.39, 0.29) is 5.41 Å². The lowest BCUT2D eigenvalue weighted by Gasteiger charge is -2.36. The molecule has 54 heavy (non-hydrogen) atoms. The van der Waals surface area contributed by atoms with Gasteiger partial charge in [0, 0.05) is 22.1 Å². The van der Waals surface area contributed by atoms with Crippen LogP contribution in [0.25, 0.3) is 78.7 Å². The number of nitrogens with zero attached hydrogens (tertiary/aromatic N) is 3. The molecule has 0 radical (unpaired) electrons. The Labute approximate surface area is 317 Å². The largest absolute Gasteiger partial charge is 0.208 e. The van der Waals surface area contributed by atoms with E-state index in [0.29, 0.717) is 17.5 Å². The van der Waals surface area contributed by atoms with Gasteiger partial charge in [-0.1, -0.05) is 177 Å². The summed E-state index contributed by atoms with van der Waals surface area (Å²) < 4.78 is 0. The van der Waals surface area contributed by atoms with E-state index in [9.17, 15) is 0 Å². The van der Waals surface area contributed by atoms with Crippen molar-refractivity contribution < 1.29 is 0 Å². The first-order chi connectivity index (χ1) is 26.7. The molecule has 1 aromatic heterocycles. The summed E-state index contributed by atoms with van der Waals surface area (Å²) in [5.41, 5.74) is 16.2. The molecule has 10 rings (SSSR count). The van der Waals surface area contributed by atoms with Crippen LogP contribution >= 0.6 is 0 Å². The van der Waals surface area contributed by atoms with E-state index in [1.165, 1.54) is 71.0 Å². The van der Waals surface area contributed by atoms with Crippen LogP contribution in [0.4, 0.5) is 0 Å². The summed E-state index contributed by atoms with van der Waals surface area (Å²) in [4.78, 5) is 14.8. The van der Waals surface area contributed by atoms with E-state index < -0.39 is 0 Å². The van der Waals surface area contributed by atoms with Gasteiger partial charge in [0.1, 0.15) is 0 Å². The minimum Gasteiger partial charge on any atom is -0.208 e. The second kappa shape index (κ2) is 13.5. The van der Waals surface area contributed by atoms with Gasteiger partial charge in [0.25, 0.3) is 0 Å². The maximum Gasteiger partial charge on any atom is 0.164 e. The van der Waals surface area contributed by atoms with Crippen LogP contribution in [0.3, 0.4) is 0 Å². The average molecular weight is 694 g/mol. The van der Waals surface area contributed by atoms with Gasteiger partial charge >= 0.3 is 0 Å². The molecule has 0 bridgehead atoms. The highest BCUT2D eigenvalue weighted by atomic mass is 15.0. The second-order valence-electron chi connectivity index (χ2n) is 14.7. The molecular weight excluding hydrogens is 655 g/mol. The fourth-order valence-corrected chi connectivity index (χ4v) is 8.84. The fraction of sp³-hybridized carbons (Fsp3) is 0.118. The highest BCUT2D eigenvalue weighted by molar-refractivity contribution is 5.85. The molecule has 2 aliphatic carbocycles. The van der Waals surface area contributed by atoms with Crippen LogP contribution in [-0.4, -0.2) is 15.0 Å². The molecular formula is C51H39N3. The Balaban J connectivity index is 0.958. The summed E-state index contributed by atoms with van der Waals surface area (Å²) in [6, 6.07) is 63.0. The monoisotopic (exact) mass is 693 g/mol. The molecule has 7 aromatic carbocycles. The second-order valence-corrected chi connectivity index (χ2v) is 14.7. The molecule has 8 aromatic rings. The Hall–Kier alpha value is -6.45. The minimum absolute atomic E-state index is 0.162. The van der Waals surface area contributed by atoms with Crippen molar-refractivity contribution in [1.82, 2.24) is 15.0 Å². The Morgan fingerprint density at radius 1 is 0.296 bits per heavy atom. The van der Waals surface area contributed by atoms with Crippen molar-refractivity contribution in [3.05, 3.63) is 187 Å². The Morgan fingerprint density at radius 2 is 0.722 bits per heavy atom. The van der Waals surface area contributed by atoms with Crippen LogP contribution in [0, 0.1) is 0 Å². The van der Waals surface area contributed by atoms with Gasteiger partial charge in [-0.2, -0.15) is 0 Å². The predicted molar refractivity (Wildman–Crippen MR) is 222 cm³/mol. The van der Waals surface area contributed by atoms with Crippen LogP contribution in [0.1, 0.15) is 43.2 Å². The summed E-state index contributed by atoms with van der Waals surface area (Å²) >= 11 is 0. The summed E-state index contributed by atoms with van der Waals surface area (Å²) in [5, 5.41) is 0. The van der Waals surface area contributed by atoms with Crippen LogP contribution in [0.15, 0.2) is 176 Å². The summed E-state index contributed by atoms with van der Waals surface area (Å²) in [5.74, 6) is 1.98. The lowest BCUT2D eigenvalue weighted by molar-refractivity contribution is 0.353. The molecule has 3 nitrogen and oxygen atoms in total. The number of rotatable bonds is 6. The Morgan fingerprint density at radius 3 is 1.33 bits per heavy atom. The highest BCUT2D eigenvalue weighted by Gasteiger charge is 2.43. The summed E-state index contributed by atoms with van der Waals surface area (Å²) in [7, 11) is 0. The minimum atomic E-state index is 0.162. The molecule has 3 heteroatoms. The van der Waals surface area contributed by atoms with E-state index in [1.54, 1.807) is 5.56 Å². The van der Waals surface area contributed by atoms with Gasteiger partial charge in [-0.05, 0) is 86.7 Å². The number of hydrogen-bond acceptors (Lipinski definition) is 3. The first-order valence-corrected chi connectivity index (χ1v) is 19.1. The summed E-state index contributed by atoms with van der Waals surface area (Å²) in [6.45, 7) is 0. The molecule has 258 valence electrons. The number of benzene rings is 7. The maximum atomic E-state index is 4.96. The van der Waals surface area contributed by atoms with Crippen molar-refractivity contribution in [1.29, 1.82) is 0 Å². The van der Waals surface area contributed by atoms with Crippen LogP contribution in [0.2, 0.25) is 0 Å². The van der Waals surface area contributed by atoms with E-state index in [1.807, 2.05) is 60.7 Å². The molecule has 1 saturated carbocycles. The lowest BCUT2D eigenvalue weighted by Crippen LogP contribution is -2.28. The highest BCUT2D eigenvalue weighted by Crippen LogP contribution is 2.56. The van der Waals surface area contributed by atoms with Gasteiger partial charge in [0.05, 0.1) is 0 Å². The standard InChI is InChI=1S/C51H39N3/c1-4-14-37(15-5-1)48-52-49(38-16-6-2-7-17-38)54-50(53-48)43-21-13-20-41(33-43)40-19-12-18-39(32-40)35-24-26-36(27-25-35)42-28-29-45-44-22-8-9-23-46(44)51(47(45)34-42)30-10-3-11-31-51/h1-2,4-9,12-29,32-34H,3,10-11,30-31H2. The third-order valence-electron chi connectivity index (χ3n) is 11.5. The van der Waals surface area contributed by atoms with Crippen molar-refractivity contribution in [2.24, 2.45) is 0 Å². The van der Waals surface area contributed by atoms with Crippen LogP contribution < -0.4 is 0 Å². The zero-order valence-corrected chi connectivity index (χ0v) is 30.1.